The number of amides is 1. The summed E-state index contributed by atoms with van der Waals surface area (Å²) in [5, 5.41) is 19.8. The van der Waals surface area contributed by atoms with Crippen molar-refractivity contribution in [3.63, 3.8) is 0 Å². The first-order chi connectivity index (χ1) is 16.8. The van der Waals surface area contributed by atoms with Gasteiger partial charge in [0.25, 0.3) is 0 Å². The second kappa shape index (κ2) is 11.5. The molecule has 1 aliphatic carbocycles. The lowest BCUT2D eigenvalue weighted by Crippen LogP contribution is -2.50. The molecule has 0 bridgehead atoms. The summed E-state index contributed by atoms with van der Waals surface area (Å²) in [4.78, 5) is 14.8. The fraction of sp³-hybridized carbons (Fsp3) is 0.667. The summed E-state index contributed by atoms with van der Waals surface area (Å²) in [5.41, 5.74) is -0.699. The van der Waals surface area contributed by atoms with Crippen LogP contribution in [0.5, 0.6) is 5.75 Å². The number of ether oxygens (including phenoxy) is 1. The second-order valence-corrected chi connectivity index (χ2v) is 12.6. The predicted molar refractivity (Wildman–Crippen MR) is 138 cm³/mol. The zero-order chi connectivity index (χ0) is 26.7. The molecule has 2 aliphatic rings. The number of sulfonamides is 1. The van der Waals surface area contributed by atoms with Gasteiger partial charge in [0.1, 0.15) is 22.4 Å². The van der Waals surface area contributed by atoms with Crippen molar-refractivity contribution >= 4 is 15.9 Å². The summed E-state index contributed by atoms with van der Waals surface area (Å²) in [6, 6.07) is 3.99. The molecule has 8 nitrogen and oxygen atoms in total. The number of carbonyl (C=O) groups is 1. The van der Waals surface area contributed by atoms with Crippen LogP contribution in [-0.4, -0.2) is 78.2 Å². The first-order valence-electron chi connectivity index (χ1n) is 12.8. The molecular formula is C27H40N2O6S. The molecular weight excluding hydrogens is 480 g/mol. The highest BCUT2D eigenvalue weighted by atomic mass is 32.2. The molecule has 0 aromatic heterocycles. The highest BCUT2D eigenvalue weighted by Crippen LogP contribution is 2.34. The Labute approximate surface area is 215 Å². The maximum atomic E-state index is 13.6. The minimum Gasteiger partial charge on any atom is -0.487 e. The molecule has 1 aromatic carbocycles. The summed E-state index contributed by atoms with van der Waals surface area (Å²) in [6.07, 6.45) is 4.62. The third-order valence-electron chi connectivity index (χ3n) is 6.96. The van der Waals surface area contributed by atoms with Crippen molar-refractivity contribution in [2.24, 2.45) is 11.8 Å². The van der Waals surface area contributed by atoms with E-state index in [0.29, 0.717) is 12.1 Å². The van der Waals surface area contributed by atoms with Gasteiger partial charge in [-0.3, -0.25) is 4.79 Å². The Morgan fingerprint density at radius 3 is 2.56 bits per heavy atom. The number of fused-ring (bicyclic) bond motifs is 1. The number of aliphatic hydroxyl groups excluding tert-OH is 1. The minimum atomic E-state index is -3.96. The number of hydrogen-bond acceptors (Lipinski definition) is 6. The van der Waals surface area contributed by atoms with Gasteiger partial charge in [0.05, 0.1) is 13.2 Å². The van der Waals surface area contributed by atoms with Gasteiger partial charge in [-0.2, -0.15) is 4.31 Å². The van der Waals surface area contributed by atoms with Gasteiger partial charge in [-0.05, 0) is 51.8 Å². The van der Waals surface area contributed by atoms with E-state index < -0.39 is 27.8 Å². The van der Waals surface area contributed by atoms with Gasteiger partial charge in [-0.25, -0.2) is 8.42 Å². The van der Waals surface area contributed by atoms with Crippen LogP contribution in [0, 0.1) is 23.7 Å². The molecule has 0 unspecified atom stereocenters. The lowest BCUT2D eigenvalue weighted by atomic mass is 9.88. The Morgan fingerprint density at radius 2 is 1.94 bits per heavy atom. The number of nitrogens with zero attached hydrogens (tertiary/aromatic N) is 2. The summed E-state index contributed by atoms with van der Waals surface area (Å²) < 4.78 is 34.8. The zero-order valence-corrected chi connectivity index (χ0v) is 22.8. The molecule has 0 spiro atoms. The Bertz CT molecular complexity index is 1100. The van der Waals surface area contributed by atoms with E-state index in [1.54, 1.807) is 44.9 Å². The summed E-state index contributed by atoms with van der Waals surface area (Å²) in [6.45, 7) is 6.86. The van der Waals surface area contributed by atoms with Crippen molar-refractivity contribution < 1.29 is 28.2 Å². The van der Waals surface area contributed by atoms with Gasteiger partial charge >= 0.3 is 0 Å². The van der Waals surface area contributed by atoms with Crippen LogP contribution >= 0.6 is 0 Å². The maximum absolute atomic E-state index is 13.6. The van der Waals surface area contributed by atoms with Crippen LogP contribution in [0.2, 0.25) is 0 Å². The summed E-state index contributed by atoms with van der Waals surface area (Å²) in [5.74, 6) is 5.64. The van der Waals surface area contributed by atoms with Crippen LogP contribution in [0.1, 0.15) is 65.4 Å². The molecule has 9 heteroatoms. The van der Waals surface area contributed by atoms with E-state index in [1.165, 1.54) is 16.8 Å². The lowest BCUT2D eigenvalue weighted by molar-refractivity contribution is -0.136. The van der Waals surface area contributed by atoms with E-state index in [1.807, 2.05) is 6.92 Å². The molecule has 3 rings (SSSR count). The number of benzene rings is 1. The zero-order valence-electron chi connectivity index (χ0n) is 22.0. The molecule has 1 aliphatic heterocycles. The first-order valence-corrected chi connectivity index (χ1v) is 14.2. The number of carbonyl (C=O) groups excluding carboxylic acids is 1. The van der Waals surface area contributed by atoms with Crippen LogP contribution < -0.4 is 4.74 Å². The van der Waals surface area contributed by atoms with E-state index in [9.17, 15) is 23.4 Å². The Kier molecular flexibility index (Phi) is 9.10. The normalized spacial score (nSPS) is 23.8. The molecule has 3 atom stereocenters. The molecule has 1 aromatic rings. The van der Waals surface area contributed by atoms with Gasteiger partial charge in [0, 0.05) is 37.0 Å². The smallest absolute Gasteiger partial charge is 0.247 e. The monoisotopic (exact) mass is 520 g/mol. The van der Waals surface area contributed by atoms with Gasteiger partial charge in [-0.1, -0.05) is 38.0 Å². The van der Waals surface area contributed by atoms with Gasteiger partial charge in [-0.15, -0.1) is 0 Å². The number of likely N-dealkylation sites (N-methyl/N-ethyl adjacent to an activating group) is 1. The molecule has 0 saturated heterocycles. The Balaban J connectivity index is 1.99. The van der Waals surface area contributed by atoms with Crippen molar-refractivity contribution in [3.05, 3.63) is 23.8 Å². The number of hydrogen-bond donors (Lipinski definition) is 2. The molecule has 1 fully saturated rings. The third-order valence-corrected chi connectivity index (χ3v) is 8.98. The van der Waals surface area contributed by atoms with Gasteiger partial charge in [0.15, 0.2) is 0 Å². The lowest BCUT2D eigenvalue weighted by Gasteiger charge is -2.38. The minimum absolute atomic E-state index is 0.00484. The number of rotatable bonds is 5. The summed E-state index contributed by atoms with van der Waals surface area (Å²) in [7, 11) is -2.18. The molecule has 1 amide bonds. The molecule has 1 heterocycles. The maximum Gasteiger partial charge on any atom is 0.247 e. The SMILES string of the molecule is C[C@H]1CN([C@@H](C)CO)S(=O)(=O)c2ccc(C#CC(C)(C)O)cc2O[C@H]1CN(C)C(=O)C1CCCCC1. The average Bonchev–Trinajstić information content (AvgIpc) is 2.83. The molecule has 36 heavy (non-hydrogen) atoms. The number of aliphatic hydroxyl groups is 2. The van der Waals surface area contributed by atoms with Gasteiger partial charge < -0.3 is 19.8 Å². The topological polar surface area (TPSA) is 107 Å². The standard InChI is InChI=1S/C27H40N2O6S/c1-19-16-29(20(2)18-30)36(33,34)25-12-11-21(13-14-27(3,4)32)15-23(25)35-24(19)17-28(5)26(31)22-9-7-6-8-10-22/h11-12,15,19-20,22,24,30,32H,6-10,16-18H2,1-5H3/t19-,20-,24-/m0/s1. The highest BCUT2D eigenvalue weighted by Gasteiger charge is 2.38. The van der Waals surface area contributed by atoms with Crippen LogP contribution in [-0.2, 0) is 14.8 Å². The molecule has 200 valence electrons. The quantitative estimate of drug-likeness (QED) is 0.578. The van der Waals surface area contributed by atoms with E-state index in [-0.39, 0.29) is 41.5 Å². The van der Waals surface area contributed by atoms with E-state index in [4.69, 9.17) is 4.74 Å². The van der Waals surface area contributed by atoms with E-state index in [0.717, 1.165) is 25.7 Å². The van der Waals surface area contributed by atoms with Crippen LogP contribution in [0.25, 0.3) is 0 Å². The van der Waals surface area contributed by atoms with Crippen LogP contribution in [0.15, 0.2) is 23.1 Å². The van der Waals surface area contributed by atoms with Crippen LogP contribution in [0.3, 0.4) is 0 Å². The van der Waals surface area contributed by atoms with Crippen LogP contribution in [0.4, 0.5) is 0 Å². The van der Waals surface area contributed by atoms with Crippen molar-refractivity contribution in [1.29, 1.82) is 0 Å². The van der Waals surface area contributed by atoms with Crippen molar-refractivity contribution in [2.45, 2.75) is 82.4 Å². The fourth-order valence-electron chi connectivity index (χ4n) is 4.77. The molecule has 0 radical (unpaired) electrons. The van der Waals surface area contributed by atoms with Crippen molar-refractivity contribution in [1.82, 2.24) is 9.21 Å². The highest BCUT2D eigenvalue weighted by molar-refractivity contribution is 7.89. The largest absolute Gasteiger partial charge is 0.487 e. The second-order valence-electron chi connectivity index (χ2n) is 10.8. The third kappa shape index (κ3) is 6.80. The van der Waals surface area contributed by atoms with Crippen molar-refractivity contribution in [3.8, 4) is 17.6 Å². The summed E-state index contributed by atoms with van der Waals surface area (Å²) >= 11 is 0. The Hall–Kier alpha value is -2.12. The average molecular weight is 521 g/mol. The fourth-order valence-corrected chi connectivity index (χ4v) is 6.59. The van der Waals surface area contributed by atoms with E-state index >= 15 is 0 Å². The Morgan fingerprint density at radius 1 is 1.28 bits per heavy atom. The first kappa shape index (κ1) is 28.5. The molecule has 1 saturated carbocycles. The van der Waals surface area contributed by atoms with Crippen molar-refractivity contribution in [2.75, 3.05) is 26.7 Å². The molecule has 2 N–H and O–H groups in total. The van der Waals surface area contributed by atoms with Gasteiger partial charge in [0.2, 0.25) is 15.9 Å². The predicted octanol–water partition coefficient (Wildman–Crippen LogP) is 2.62. The van der Waals surface area contributed by atoms with E-state index in [2.05, 4.69) is 11.8 Å².